The fourth-order valence-corrected chi connectivity index (χ4v) is 1.33. The number of rotatable bonds is 3. The maximum atomic E-state index is 11.9. The fourth-order valence-electron chi connectivity index (χ4n) is 1.33. The summed E-state index contributed by atoms with van der Waals surface area (Å²) in [4.78, 5) is 23.7. The molecule has 0 heterocycles. The molecule has 1 unspecified atom stereocenters. The Labute approximate surface area is 99.0 Å². The Morgan fingerprint density at radius 3 is 1.75 bits per heavy atom. The van der Waals surface area contributed by atoms with Gasteiger partial charge in [0, 0.05) is 11.8 Å². The number of nitrogens with one attached hydrogen (secondary N) is 1. The van der Waals surface area contributed by atoms with Gasteiger partial charge >= 0.3 is 0 Å². The first-order chi connectivity index (χ1) is 7.00. The molecular formula is C13H25NO2. The lowest BCUT2D eigenvalue weighted by Crippen LogP contribution is -2.51. The van der Waals surface area contributed by atoms with Crippen LogP contribution in [0, 0.1) is 10.8 Å². The molecule has 0 rings (SSSR count). The highest BCUT2D eigenvalue weighted by molar-refractivity contribution is 5.91. The molecule has 94 valence electrons. The summed E-state index contributed by atoms with van der Waals surface area (Å²) in [5, 5.41) is 2.86. The molecule has 3 nitrogen and oxygen atoms in total. The molecule has 1 atom stereocenters. The zero-order chi connectivity index (χ0) is 13.1. The van der Waals surface area contributed by atoms with Crippen molar-refractivity contribution in [2.75, 3.05) is 0 Å². The van der Waals surface area contributed by atoms with Crippen LogP contribution in [0.1, 0.15) is 54.9 Å². The third-order valence-corrected chi connectivity index (χ3v) is 2.49. The summed E-state index contributed by atoms with van der Waals surface area (Å²) in [6.07, 6.45) is 0.451. The number of Topliss-reactive ketones (excluding diaryl/α,β-unsaturated/α-hetero) is 1. The predicted octanol–water partition coefficient (Wildman–Crippen LogP) is 2.54. The maximum absolute atomic E-state index is 11.9. The van der Waals surface area contributed by atoms with Gasteiger partial charge in [-0.1, -0.05) is 48.5 Å². The monoisotopic (exact) mass is 227 g/mol. The first-order valence-corrected chi connectivity index (χ1v) is 5.83. The number of ketones is 1. The third-order valence-electron chi connectivity index (χ3n) is 2.49. The second-order valence-electron chi connectivity index (χ2n) is 6.34. The van der Waals surface area contributed by atoms with E-state index in [2.05, 4.69) is 5.32 Å². The van der Waals surface area contributed by atoms with Crippen LogP contribution in [0.15, 0.2) is 0 Å². The first-order valence-electron chi connectivity index (χ1n) is 5.83. The van der Waals surface area contributed by atoms with Gasteiger partial charge in [0.15, 0.2) is 5.78 Å². The Hall–Kier alpha value is -0.860. The molecule has 0 aliphatic carbocycles. The van der Waals surface area contributed by atoms with Gasteiger partial charge in [-0.25, -0.2) is 0 Å². The van der Waals surface area contributed by atoms with Crippen molar-refractivity contribution in [1.29, 1.82) is 0 Å². The number of hydrogen-bond donors (Lipinski definition) is 1. The van der Waals surface area contributed by atoms with Gasteiger partial charge in [0.05, 0.1) is 6.04 Å². The lowest BCUT2D eigenvalue weighted by molar-refractivity contribution is -0.134. The van der Waals surface area contributed by atoms with Crippen molar-refractivity contribution in [1.82, 2.24) is 5.32 Å². The third kappa shape index (κ3) is 4.33. The van der Waals surface area contributed by atoms with E-state index in [-0.39, 0.29) is 17.1 Å². The van der Waals surface area contributed by atoms with Crippen LogP contribution >= 0.6 is 0 Å². The van der Waals surface area contributed by atoms with E-state index in [1.807, 2.05) is 48.5 Å². The zero-order valence-corrected chi connectivity index (χ0v) is 11.6. The lowest BCUT2D eigenvalue weighted by atomic mass is 9.82. The van der Waals surface area contributed by atoms with Crippen molar-refractivity contribution in [3.05, 3.63) is 0 Å². The first kappa shape index (κ1) is 15.1. The lowest BCUT2D eigenvalue weighted by Gasteiger charge is -2.32. The largest absolute Gasteiger partial charge is 0.345 e. The molecule has 0 aromatic heterocycles. The van der Waals surface area contributed by atoms with E-state index in [0.717, 1.165) is 0 Å². The highest BCUT2D eigenvalue weighted by Crippen LogP contribution is 2.23. The molecule has 0 saturated carbocycles. The van der Waals surface area contributed by atoms with Crippen molar-refractivity contribution in [2.24, 2.45) is 10.8 Å². The average molecular weight is 227 g/mol. The molecular weight excluding hydrogens is 202 g/mol. The smallest absolute Gasteiger partial charge is 0.225 e. The normalized spacial score (nSPS) is 14.4. The van der Waals surface area contributed by atoms with Crippen LogP contribution in [-0.4, -0.2) is 17.7 Å². The quantitative estimate of drug-likeness (QED) is 0.805. The molecule has 16 heavy (non-hydrogen) atoms. The minimum atomic E-state index is -0.461. The van der Waals surface area contributed by atoms with Crippen LogP contribution in [0.2, 0.25) is 0 Å². The highest BCUT2D eigenvalue weighted by Gasteiger charge is 2.34. The standard InChI is InChI=1S/C13H25NO2/c1-8-9(15)10(12(2,3)4)14-11(16)13(5,6)7/h10H,8H2,1-7H3,(H,14,16). The van der Waals surface area contributed by atoms with Crippen molar-refractivity contribution in [3.63, 3.8) is 0 Å². The predicted molar refractivity (Wildman–Crippen MR) is 66.1 cm³/mol. The second-order valence-corrected chi connectivity index (χ2v) is 6.34. The van der Waals surface area contributed by atoms with Gasteiger partial charge < -0.3 is 5.32 Å². The maximum Gasteiger partial charge on any atom is 0.225 e. The number of hydrogen-bond acceptors (Lipinski definition) is 2. The van der Waals surface area contributed by atoms with Gasteiger partial charge in [-0.05, 0) is 5.41 Å². The van der Waals surface area contributed by atoms with Gasteiger partial charge in [-0.15, -0.1) is 0 Å². The van der Waals surface area contributed by atoms with Gasteiger partial charge in [0.1, 0.15) is 0 Å². The Morgan fingerprint density at radius 2 is 1.50 bits per heavy atom. The number of amides is 1. The Balaban J connectivity index is 4.84. The molecule has 0 saturated heterocycles. The summed E-state index contributed by atoms with van der Waals surface area (Å²) in [5.74, 6) is 0.0133. The summed E-state index contributed by atoms with van der Waals surface area (Å²) < 4.78 is 0. The summed E-state index contributed by atoms with van der Waals surface area (Å²) in [5.41, 5.74) is -0.703. The van der Waals surface area contributed by atoms with E-state index in [0.29, 0.717) is 6.42 Å². The van der Waals surface area contributed by atoms with Gasteiger partial charge in [-0.3, -0.25) is 9.59 Å². The highest BCUT2D eigenvalue weighted by atomic mass is 16.2. The van der Waals surface area contributed by atoms with Gasteiger partial charge in [-0.2, -0.15) is 0 Å². The van der Waals surface area contributed by atoms with Crippen LogP contribution in [0.5, 0.6) is 0 Å². The topological polar surface area (TPSA) is 46.2 Å². The average Bonchev–Trinajstić information content (AvgIpc) is 2.09. The SMILES string of the molecule is CCC(=O)C(NC(=O)C(C)(C)C)C(C)(C)C. The minimum Gasteiger partial charge on any atom is -0.345 e. The van der Waals surface area contributed by atoms with Crippen molar-refractivity contribution < 1.29 is 9.59 Å². The van der Waals surface area contributed by atoms with Crippen molar-refractivity contribution in [2.45, 2.75) is 60.9 Å². The van der Waals surface area contributed by atoms with E-state index in [4.69, 9.17) is 0 Å². The minimum absolute atomic E-state index is 0.0748. The van der Waals surface area contributed by atoms with Gasteiger partial charge in [0.2, 0.25) is 5.91 Å². The van der Waals surface area contributed by atoms with Crippen LogP contribution in [0.25, 0.3) is 0 Å². The Kier molecular flexibility index (Phi) is 4.71. The van der Waals surface area contributed by atoms with Crippen LogP contribution in [-0.2, 0) is 9.59 Å². The summed E-state index contributed by atoms with van der Waals surface area (Å²) >= 11 is 0. The number of carbonyl (C=O) groups is 2. The van der Waals surface area contributed by atoms with Crippen LogP contribution in [0.3, 0.4) is 0 Å². The summed E-state index contributed by atoms with van der Waals surface area (Å²) in [7, 11) is 0. The molecule has 3 heteroatoms. The zero-order valence-electron chi connectivity index (χ0n) is 11.6. The van der Waals surface area contributed by atoms with Crippen LogP contribution < -0.4 is 5.32 Å². The summed E-state index contributed by atoms with van der Waals surface area (Å²) in [6, 6.07) is -0.399. The molecule has 1 N–H and O–H groups in total. The molecule has 0 radical (unpaired) electrons. The molecule has 0 bridgehead atoms. The molecule has 0 aliphatic rings. The van der Waals surface area contributed by atoms with Crippen molar-refractivity contribution >= 4 is 11.7 Å². The molecule has 0 spiro atoms. The molecule has 0 aromatic rings. The van der Waals surface area contributed by atoms with E-state index >= 15 is 0 Å². The Morgan fingerprint density at radius 1 is 1.06 bits per heavy atom. The second kappa shape index (κ2) is 4.98. The van der Waals surface area contributed by atoms with E-state index in [9.17, 15) is 9.59 Å². The van der Waals surface area contributed by atoms with E-state index in [1.165, 1.54) is 0 Å². The molecule has 0 fully saturated rings. The van der Waals surface area contributed by atoms with Crippen molar-refractivity contribution in [3.8, 4) is 0 Å². The molecule has 0 aliphatic heterocycles. The summed E-state index contributed by atoms with van der Waals surface area (Å²) in [6.45, 7) is 13.3. The fraction of sp³-hybridized carbons (Fsp3) is 0.846. The van der Waals surface area contributed by atoms with Gasteiger partial charge in [0.25, 0.3) is 0 Å². The molecule has 0 aromatic carbocycles. The molecule has 1 amide bonds. The van der Waals surface area contributed by atoms with E-state index in [1.54, 1.807) is 0 Å². The van der Waals surface area contributed by atoms with E-state index < -0.39 is 11.5 Å². The van der Waals surface area contributed by atoms with Crippen LogP contribution in [0.4, 0.5) is 0 Å². The Bertz CT molecular complexity index is 269. The number of carbonyl (C=O) groups excluding carboxylic acids is 2.